The highest BCUT2D eigenvalue weighted by Crippen LogP contribution is 2.27. The topological polar surface area (TPSA) is 79.0 Å². The number of para-hydroxylation sites is 2. The number of methoxy groups -OCH3 is 1. The molecule has 2 aromatic carbocycles. The van der Waals surface area contributed by atoms with Crippen molar-refractivity contribution in [3.05, 3.63) is 53.6 Å². The third kappa shape index (κ3) is 4.67. The summed E-state index contributed by atoms with van der Waals surface area (Å²) in [6.45, 7) is 3.59. The van der Waals surface area contributed by atoms with Gasteiger partial charge in [0.2, 0.25) is 15.9 Å². The molecule has 1 aliphatic heterocycles. The molecule has 1 saturated heterocycles. The normalized spacial score (nSPS) is 18.6. The Kier molecular flexibility index (Phi) is 6.83. The van der Waals surface area contributed by atoms with E-state index in [1.807, 2.05) is 36.1 Å². The number of nitrogens with one attached hydrogen (secondary N) is 1. The van der Waals surface area contributed by atoms with Crippen LogP contribution in [0, 0.1) is 0 Å². The Labute approximate surface area is 190 Å². The Morgan fingerprint density at radius 3 is 2.41 bits per heavy atom. The van der Waals surface area contributed by atoms with Crippen LogP contribution in [0.25, 0.3) is 0 Å². The van der Waals surface area contributed by atoms with E-state index in [1.165, 1.54) is 12.0 Å². The number of carbonyl (C=O) groups is 1. The number of sulfonamides is 1. The fourth-order valence-corrected chi connectivity index (χ4v) is 5.97. The van der Waals surface area contributed by atoms with Crippen LogP contribution < -0.4 is 10.1 Å². The summed E-state index contributed by atoms with van der Waals surface area (Å²) in [6, 6.07) is 12.5. The third-order valence-electron chi connectivity index (χ3n) is 6.52. The first-order valence-corrected chi connectivity index (χ1v) is 12.6. The Hall–Kier alpha value is -2.42. The molecule has 1 fully saturated rings. The van der Waals surface area contributed by atoms with Crippen LogP contribution >= 0.6 is 0 Å². The van der Waals surface area contributed by atoms with Crippen molar-refractivity contribution < 1.29 is 17.9 Å². The predicted molar refractivity (Wildman–Crippen MR) is 125 cm³/mol. The van der Waals surface area contributed by atoms with Crippen LogP contribution in [0.1, 0.15) is 30.9 Å². The van der Waals surface area contributed by atoms with Crippen molar-refractivity contribution in [2.45, 2.75) is 43.5 Å². The molecule has 0 aromatic heterocycles. The summed E-state index contributed by atoms with van der Waals surface area (Å²) in [5, 5.41) is 2.92. The van der Waals surface area contributed by atoms with E-state index < -0.39 is 10.0 Å². The maximum absolute atomic E-state index is 13.2. The maximum Gasteiger partial charge on any atom is 0.243 e. The average molecular weight is 458 g/mol. The Bertz CT molecular complexity index is 1080. The lowest BCUT2D eigenvalue weighted by Crippen LogP contribution is -2.53. The number of carbonyl (C=O) groups excluding carboxylic acids is 1. The van der Waals surface area contributed by atoms with E-state index in [2.05, 4.69) is 5.32 Å². The van der Waals surface area contributed by atoms with Crippen LogP contribution in [-0.2, 0) is 27.7 Å². The number of fused-ring (bicyclic) bond motifs is 1. The van der Waals surface area contributed by atoms with Gasteiger partial charge in [-0.05, 0) is 68.0 Å². The number of benzene rings is 2. The minimum atomic E-state index is -3.53. The smallest absolute Gasteiger partial charge is 0.243 e. The second-order valence-corrected chi connectivity index (χ2v) is 10.4. The number of hydrogen-bond acceptors (Lipinski definition) is 5. The molecule has 0 spiro atoms. The summed E-state index contributed by atoms with van der Waals surface area (Å²) in [5.74, 6) is 0.467. The summed E-state index contributed by atoms with van der Waals surface area (Å²) in [7, 11) is -1.97. The van der Waals surface area contributed by atoms with E-state index in [0.29, 0.717) is 42.5 Å². The van der Waals surface area contributed by atoms with Crippen LogP contribution in [0.15, 0.2) is 47.4 Å². The molecule has 1 N–H and O–H groups in total. The van der Waals surface area contributed by atoms with E-state index in [4.69, 9.17) is 4.74 Å². The van der Waals surface area contributed by atoms with Gasteiger partial charge in [-0.1, -0.05) is 18.2 Å². The van der Waals surface area contributed by atoms with E-state index in [0.717, 1.165) is 24.8 Å². The molecule has 0 saturated carbocycles. The second kappa shape index (κ2) is 9.60. The number of hydrogen-bond donors (Lipinski definition) is 1. The lowest BCUT2D eigenvalue weighted by atomic mass is 9.92. The molecule has 32 heavy (non-hydrogen) atoms. The van der Waals surface area contributed by atoms with Gasteiger partial charge in [-0.15, -0.1) is 0 Å². The van der Waals surface area contributed by atoms with Crippen molar-refractivity contribution in [1.82, 2.24) is 9.21 Å². The van der Waals surface area contributed by atoms with Crippen LogP contribution in [0.4, 0.5) is 5.69 Å². The van der Waals surface area contributed by atoms with Crippen LogP contribution in [0.5, 0.6) is 5.75 Å². The lowest BCUT2D eigenvalue weighted by molar-refractivity contribution is -0.121. The molecule has 4 rings (SSSR count). The molecule has 8 heteroatoms. The van der Waals surface area contributed by atoms with E-state index in [9.17, 15) is 13.2 Å². The van der Waals surface area contributed by atoms with Crippen molar-refractivity contribution in [2.24, 2.45) is 0 Å². The lowest BCUT2D eigenvalue weighted by Gasteiger charge is -2.36. The van der Waals surface area contributed by atoms with Gasteiger partial charge in [-0.2, -0.15) is 4.31 Å². The Balaban J connectivity index is 1.38. The summed E-state index contributed by atoms with van der Waals surface area (Å²) < 4.78 is 33.3. The van der Waals surface area contributed by atoms with Gasteiger partial charge >= 0.3 is 0 Å². The van der Waals surface area contributed by atoms with Gasteiger partial charge in [0.15, 0.2) is 0 Å². The molecule has 0 radical (unpaired) electrons. The van der Waals surface area contributed by atoms with Gasteiger partial charge in [-0.25, -0.2) is 8.42 Å². The first kappa shape index (κ1) is 22.8. The van der Waals surface area contributed by atoms with Gasteiger partial charge < -0.3 is 10.1 Å². The summed E-state index contributed by atoms with van der Waals surface area (Å²) in [6.07, 6.45) is 4.27. The zero-order chi connectivity index (χ0) is 22.7. The quantitative estimate of drug-likeness (QED) is 0.722. The molecule has 7 nitrogen and oxygen atoms in total. The van der Waals surface area contributed by atoms with Gasteiger partial charge in [0.25, 0.3) is 0 Å². The Morgan fingerprint density at radius 1 is 1.00 bits per heavy atom. The largest absolute Gasteiger partial charge is 0.495 e. The number of rotatable bonds is 6. The zero-order valence-electron chi connectivity index (χ0n) is 18.7. The second-order valence-electron chi connectivity index (χ2n) is 8.44. The highest BCUT2D eigenvalue weighted by molar-refractivity contribution is 7.89. The van der Waals surface area contributed by atoms with E-state index in [1.54, 1.807) is 29.6 Å². The number of anilines is 1. The summed E-state index contributed by atoms with van der Waals surface area (Å²) >= 11 is 0. The van der Waals surface area contributed by atoms with Crippen LogP contribution in [0.2, 0.25) is 0 Å². The van der Waals surface area contributed by atoms with Crippen LogP contribution in [0.3, 0.4) is 0 Å². The average Bonchev–Trinajstić information content (AvgIpc) is 2.83. The van der Waals surface area contributed by atoms with Gasteiger partial charge in [0.05, 0.1) is 23.7 Å². The highest BCUT2D eigenvalue weighted by Gasteiger charge is 2.32. The van der Waals surface area contributed by atoms with Crippen molar-refractivity contribution in [2.75, 3.05) is 38.6 Å². The number of piperazine rings is 1. The minimum absolute atomic E-state index is 0.138. The third-order valence-corrected chi connectivity index (χ3v) is 8.42. The van der Waals surface area contributed by atoms with Crippen molar-refractivity contribution in [1.29, 1.82) is 0 Å². The first-order valence-electron chi connectivity index (χ1n) is 11.2. The number of nitrogens with zero attached hydrogens (tertiary/aromatic N) is 2. The zero-order valence-corrected chi connectivity index (χ0v) is 19.5. The molecular weight excluding hydrogens is 426 g/mol. The molecule has 172 valence electrons. The monoisotopic (exact) mass is 457 g/mol. The first-order chi connectivity index (χ1) is 15.4. The fraction of sp³-hybridized carbons (Fsp3) is 0.458. The predicted octanol–water partition coefficient (Wildman–Crippen LogP) is 2.91. The summed E-state index contributed by atoms with van der Waals surface area (Å²) in [4.78, 5) is 15.2. The molecule has 1 aliphatic carbocycles. The highest BCUT2D eigenvalue weighted by atomic mass is 32.2. The molecule has 2 aromatic rings. The fourth-order valence-electron chi connectivity index (χ4n) is 4.50. The van der Waals surface area contributed by atoms with Gasteiger partial charge in [0, 0.05) is 26.2 Å². The SMILES string of the molecule is COc1ccccc1NC(=O)C(C)N1CCN(S(=O)(=O)c2ccc3c(c2)CCCC3)CC1. The van der Waals surface area contributed by atoms with Crippen molar-refractivity contribution >= 4 is 21.6 Å². The molecule has 1 unspecified atom stereocenters. The molecular formula is C24H31N3O4S. The van der Waals surface area contributed by atoms with Crippen molar-refractivity contribution in [3.8, 4) is 5.75 Å². The Morgan fingerprint density at radius 2 is 1.69 bits per heavy atom. The van der Waals surface area contributed by atoms with Gasteiger partial charge in [-0.3, -0.25) is 9.69 Å². The molecule has 1 heterocycles. The molecule has 0 bridgehead atoms. The van der Waals surface area contributed by atoms with E-state index >= 15 is 0 Å². The number of aryl methyl sites for hydroxylation is 2. The minimum Gasteiger partial charge on any atom is -0.495 e. The van der Waals surface area contributed by atoms with Crippen LogP contribution in [-0.4, -0.2) is 62.9 Å². The van der Waals surface area contributed by atoms with Crippen molar-refractivity contribution in [3.63, 3.8) is 0 Å². The maximum atomic E-state index is 13.2. The van der Waals surface area contributed by atoms with Gasteiger partial charge in [0.1, 0.15) is 5.75 Å². The van der Waals surface area contributed by atoms with E-state index in [-0.39, 0.29) is 11.9 Å². The standard InChI is InChI=1S/C24H31N3O4S/c1-18(24(28)25-22-9-5-6-10-23(22)31-2)26-13-15-27(16-14-26)32(29,30)21-12-11-19-7-3-4-8-20(19)17-21/h5-6,9-12,17-18H,3-4,7-8,13-16H2,1-2H3,(H,25,28). The molecule has 2 aliphatic rings. The number of ether oxygens (including phenoxy) is 1. The molecule has 1 atom stereocenters. The number of amides is 1. The summed E-state index contributed by atoms with van der Waals surface area (Å²) in [5.41, 5.74) is 3.06. The molecule has 1 amide bonds.